The number of carbonyl (C=O) groups is 1. The Hall–Kier alpha value is -3.10. The molecule has 0 spiro atoms. The molecule has 0 aliphatic heterocycles. The van der Waals surface area contributed by atoms with Gasteiger partial charge in [0.25, 0.3) is 0 Å². The zero-order valence-corrected chi connectivity index (χ0v) is 19.8. The molecule has 32 heavy (non-hydrogen) atoms. The molecular formula is C24H21BrN4O2S. The summed E-state index contributed by atoms with van der Waals surface area (Å²) >= 11 is 4.72. The van der Waals surface area contributed by atoms with Crippen LogP contribution in [0.5, 0.6) is 5.75 Å². The van der Waals surface area contributed by atoms with E-state index in [9.17, 15) is 4.79 Å². The molecule has 0 bridgehead atoms. The van der Waals surface area contributed by atoms with Crippen LogP contribution in [0.1, 0.15) is 11.4 Å². The number of nitrogens with zero attached hydrogens (tertiary/aromatic N) is 3. The number of anilines is 1. The molecular weight excluding hydrogens is 488 g/mol. The Kier molecular flexibility index (Phi) is 7.24. The van der Waals surface area contributed by atoms with E-state index in [0.717, 1.165) is 27.2 Å². The number of amides is 1. The number of rotatable bonds is 8. The van der Waals surface area contributed by atoms with E-state index in [1.807, 2.05) is 90.4 Å². The molecule has 6 nitrogen and oxygen atoms in total. The molecule has 0 atom stereocenters. The minimum Gasteiger partial charge on any atom is -0.486 e. The van der Waals surface area contributed by atoms with E-state index in [2.05, 4.69) is 31.4 Å². The van der Waals surface area contributed by atoms with Crippen LogP contribution in [0.4, 0.5) is 5.69 Å². The van der Waals surface area contributed by atoms with Gasteiger partial charge in [0.1, 0.15) is 12.4 Å². The van der Waals surface area contributed by atoms with Gasteiger partial charge in [0.05, 0.1) is 5.75 Å². The van der Waals surface area contributed by atoms with Crippen molar-refractivity contribution >= 4 is 39.3 Å². The van der Waals surface area contributed by atoms with E-state index in [1.165, 1.54) is 11.8 Å². The molecule has 1 amide bonds. The number of benzene rings is 3. The smallest absolute Gasteiger partial charge is 0.234 e. The monoisotopic (exact) mass is 508 g/mol. The molecule has 0 aliphatic carbocycles. The van der Waals surface area contributed by atoms with Gasteiger partial charge in [0.2, 0.25) is 5.91 Å². The Morgan fingerprint density at radius 3 is 2.44 bits per heavy atom. The number of ether oxygens (including phenoxy) is 1. The second-order valence-electron chi connectivity index (χ2n) is 7.02. The average Bonchev–Trinajstić information content (AvgIpc) is 3.22. The van der Waals surface area contributed by atoms with Crippen LogP contribution in [0.2, 0.25) is 0 Å². The second-order valence-corrected chi connectivity index (χ2v) is 8.87. The van der Waals surface area contributed by atoms with Crippen LogP contribution in [-0.2, 0) is 11.4 Å². The minimum atomic E-state index is -0.113. The average molecular weight is 509 g/mol. The first kappa shape index (κ1) is 22.1. The summed E-state index contributed by atoms with van der Waals surface area (Å²) < 4.78 is 8.78. The zero-order chi connectivity index (χ0) is 22.3. The van der Waals surface area contributed by atoms with Gasteiger partial charge in [0.15, 0.2) is 11.0 Å². The summed E-state index contributed by atoms with van der Waals surface area (Å²) in [5.74, 6) is 1.51. The molecule has 0 saturated heterocycles. The first-order valence-electron chi connectivity index (χ1n) is 9.96. The fraction of sp³-hybridized carbons (Fsp3) is 0.125. The first-order valence-corrected chi connectivity index (χ1v) is 11.7. The lowest BCUT2D eigenvalue weighted by atomic mass is 10.2. The third-order valence-electron chi connectivity index (χ3n) is 4.56. The maximum atomic E-state index is 12.5. The molecule has 0 fully saturated rings. The molecule has 1 heterocycles. The van der Waals surface area contributed by atoms with Crippen molar-refractivity contribution in [2.75, 3.05) is 11.1 Å². The van der Waals surface area contributed by atoms with Crippen molar-refractivity contribution in [2.24, 2.45) is 0 Å². The Morgan fingerprint density at radius 2 is 1.72 bits per heavy atom. The van der Waals surface area contributed by atoms with E-state index >= 15 is 0 Å². The van der Waals surface area contributed by atoms with Crippen LogP contribution in [0, 0.1) is 6.92 Å². The van der Waals surface area contributed by atoms with Crippen LogP contribution in [0.15, 0.2) is 88.5 Å². The van der Waals surface area contributed by atoms with Crippen molar-refractivity contribution in [3.05, 3.63) is 94.7 Å². The summed E-state index contributed by atoms with van der Waals surface area (Å²) in [7, 11) is 0. The van der Waals surface area contributed by atoms with Crippen molar-refractivity contribution < 1.29 is 9.53 Å². The third-order valence-corrected chi connectivity index (χ3v) is 6.02. The number of para-hydroxylation sites is 1. The van der Waals surface area contributed by atoms with E-state index in [1.54, 1.807) is 0 Å². The lowest BCUT2D eigenvalue weighted by Gasteiger charge is -2.11. The van der Waals surface area contributed by atoms with Crippen molar-refractivity contribution in [1.29, 1.82) is 0 Å². The molecule has 8 heteroatoms. The quantitative estimate of drug-likeness (QED) is 0.311. The van der Waals surface area contributed by atoms with E-state index in [0.29, 0.717) is 11.0 Å². The Balaban J connectivity index is 1.50. The van der Waals surface area contributed by atoms with Crippen molar-refractivity contribution in [3.8, 4) is 11.4 Å². The molecule has 4 aromatic rings. The normalized spacial score (nSPS) is 10.7. The molecule has 1 N–H and O–H groups in total. The largest absolute Gasteiger partial charge is 0.486 e. The van der Waals surface area contributed by atoms with Gasteiger partial charge in [-0.05, 0) is 55.5 Å². The lowest BCUT2D eigenvalue weighted by molar-refractivity contribution is -0.113. The maximum Gasteiger partial charge on any atom is 0.234 e. The lowest BCUT2D eigenvalue weighted by Crippen LogP contribution is -2.14. The van der Waals surface area contributed by atoms with E-state index in [-0.39, 0.29) is 18.3 Å². The van der Waals surface area contributed by atoms with Gasteiger partial charge in [-0.1, -0.05) is 63.6 Å². The van der Waals surface area contributed by atoms with Crippen LogP contribution in [-0.4, -0.2) is 26.4 Å². The summed E-state index contributed by atoms with van der Waals surface area (Å²) in [6, 6.07) is 25.1. The number of carbonyl (C=O) groups excluding carboxylic acids is 1. The molecule has 0 saturated carbocycles. The first-order chi connectivity index (χ1) is 15.6. The predicted molar refractivity (Wildman–Crippen MR) is 130 cm³/mol. The van der Waals surface area contributed by atoms with Gasteiger partial charge in [0, 0.05) is 15.8 Å². The Bertz CT molecular complexity index is 1180. The van der Waals surface area contributed by atoms with Gasteiger partial charge in [-0.2, -0.15) is 0 Å². The zero-order valence-electron chi connectivity index (χ0n) is 17.4. The highest BCUT2D eigenvalue weighted by atomic mass is 79.9. The fourth-order valence-corrected chi connectivity index (χ4v) is 4.00. The maximum absolute atomic E-state index is 12.5. The molecule has 0 radical (unpaired) electrons. The van der Waals surface area contributed by atoms with Gasteiger partial charge in [-0.15, -0.1) is 10.2 Å². The van der Waals surface area contributed by atoms with Crippen molar-refractivity contribution in [3.63, 3.8) is 0 Å². The Labute approximate surface area is 199 Å². The number of nitrogens with one attached hydrogen (secondary N) is 1. The third kappa shape index (κ3) is 5.77. The molecule has 0 unspecified atom stereocenters. The van der Waals surface area contributed by atoms with Crippen LogP contribution in [0.3, 0.4) is 0 Å². The standard InChI is InChI=1S/C24H21BrN4O2S/c1-17-7-13-20(14-8-17)29-22(15-31-21-5-3-2-4-6-21)27-28-24(29)32-16-23(30)26-19-11-9-18(25)10-12-19/h2-14H,15-16H2,1H3,(H,26,30). The number of hydrogen-bond acceptors (Lipinski definition) is 5. The van der Waals surface area contributed by atoms with Crippen molar-refractivity contribution in [1.82, 2.24) is 14.8 Å². The highest BCUT2D eigenvalue weighted by molar-refractivity contribution is 9.10. The Morgan fingerprint density at radius 1 is 1.00 bits per heavy atom. The van der Waals surface area contributed by atoms with Gasteiger partial charge < -0.3 is 10.1 Å². The molecule has 4 rings (SSSR count). The minimum absolute atomic E-state index is 0.113. The number of aromatic nitrogens is 3. The van der Waals surface area contributed by atoms with E-state index in [4.69, 9.17) is 4.74 Å². The van der Waals surface area contributed by atoms with Crippen molar-refractivity contribution in [2.45, 2.75) is 18.7 Å². The van der Waals surface area contributed by atoms with Crippen LogP contribution in [0.25, 0.3) is 5.69 Å². The van der Waals surface area contributed by atoms with Crippen LogP contribution < -0.4 is 10.1 Å². The highest BCUT2D eigenvalue weighted by Gasteiger charge is 2.16. The van der Waals surface area contributed by atoms with E-state index < -0.39 is 0 Å². The molecule has 162 valence electrons. The summed E-state index contributed by atoms with van der Waals surface area (Å²) in [6.07, 6.45) is 0. The number of hydrogen-bond donors (Lipinski definition) is 1. The highest BCUT2D eigenvalue weighted by Crippen LogP contribution is 2.24. The topological polar surface area (TPSA) is 69.0 Å². The summed E-state index contributed by atoms with van der Waals surface area (Å²) in [5.41, 5.74) is 2.82. The summed E-state index contributed by atoms with van der Waals surface area (Å²) in [5, 5.41) is 12.2. The van der Waals surface area contributed by atoms with Gasteiger partial charge in [-0.3, -0.25) is 9.36 Å². The molecule has 0 aliphatic rings. The van der Waals surface area contributed by atoms with Gasteiger partial charge in [-0.25, -0.2) is 0 Å². The predicted octanol–water partition coefficient (Wildman–Crippen LogP) is 5.65. The number of halogens is 1. The van der Waals surface area contributed by atoms with Gasteiger partial charge >= 0.3 is 0 Å². The fourth-order valence-electron chi connectivity index (χ4n) is 2.97. The molecule has 1 aromatic heterocycles. The summed E-state index contributed by atoms with van der Waals surface area (Å²) in [6.45, 7) is 2.30. The van der Waals surface area contributed by atoms with Crippen LogP contribution >= 0.6 is 27.7 Å². The SMILES string of the molecule is Cc1ccc(-n2c(COc3ccccc3)nnc2SCC(=O)Nc2ccc(Br)cc2)cc1. The second kappa shape index (κ2) is 10.5. The number of aryl methyl sites for hydroxylation is 1. The summed E-state index contributed by atoms with van der Waals surface area (Å²) in [4.78, 5) is 12.5. The molecule has 3 aromatic carbocycles. The number of thioether (sulfide) groups is 1.